The maximum Gasteiger partial charge on any atom is 0.221 e. The Morgan fingerprint density at radius 3 is 2.62 bits per heavy atom. The first-order valence-corrected chi connectivity index (χ1v) is 11.4. The quantitative estimate of drug-likeness (QED) is 0.197. The Morgan fingerprint density at radius 2 is 1.94 bits per heavy atom. The van der Waals surface area contributed by atoms with Crippen molar-refractivity contribution in [2.45, 2.75) is 44.6 Å². The van der Waals surface area contributed by atoms with Crippen molar-refractivity contribution in [1.82, 2.24) is 15.5 Å². The summed E-state index contributed by atoms with van der Waals surface area (Å²) in [7, 11) is 1.80. The van der Waals surface area contributed by atoms with Gasteiger partial charge < -0.3 is 25.4 Å². The molecular formula is C23H38IN5O3. The molecule has 0 aromatic heterocycles. The molecule has 3 rings (SSSR count). The highest BCUT2D eigenvalue weighted by atomic mass is 127. The molecule has 1 aliphatic carbocycles. The molecule has 1 aliphatic heterocycles. The smallest absolute Gasteiger partial charge is 0.221 e. The topological polar surface area (TPSA) is 87.2 Å². The Labute approximate surface area is 208 Å². The number of anilines is 1. The number of aliphatic imine (C=N–C) groups is 1. The molecule has 8 nitrogen and oxygen atoms in total. The van der Waals surface area contributed by atoms with Gasteiger partial charge in [0.15, 0.2) is 5.96 Å². The minimum atomic E-state index is -0.0958. The lowest BCUT2D eigenvalue weighted by molar-refractivity contribution is -0.114. The van der Waals surface area contributed by atoms with E-state index in [1.54, 1.807) is 7.05 Å². The van der Waals surface area contributed by atoms with Gasteiger partial charge in [-0.3, -0.25) is 14.7 Å². The number of hydrogen-bond donors (Lipinski definition) is 3. The first-order chi connectivity index (χ1) is 15.1. The lowest BCUT2D eigenvalue weighted by atomic mass is 9.80. The summed E-state index contributed by atoms with van der Waals surface area (Å²) in [6.45, 7) is 7.20. The lowest BCUT2D eigenvalue weighted by Gasteiger charge is -2.48. The Kier molecular flexibility index (Phi) is 11.5. The zero-order valence-electron chi connectivity index (χ0n) is 19.3. The molecule has 1 aromatic carbocycles. The number of ether oxygens (including phenoxy) is 2. The summed E-state index contributed by atoms with van der Waals surface area (Å²) in [5.74, 6) is 1.43. The number of nitrogens with zero attached hydrogens (tertiary/aromatic N) is 2. The van der Waals surface area contributed by atoms with Gasteiger partial charge in [0.05, 0.1) is 19.8 Å². The molecule has 1 heterocycles. The number of benzene rings is 1. The third kappa shape index (κ3) is 8.08. The van der Waals surface area contributed by atoms with Gasteiger partial charge in [0, 0.05) is 50.9 Å². The molecule has 1 aromatic rings. The summed E-state index contributed by atoms with van der Waals surface area (Å²) in [6.07, 6.45) is 6.36. The molecule has 9 heteroatoms. The molecule has 1 saturated carbocycles. The summed E-state index contributed by atoms with van der Waals surface area (Å²) in [4.78, 5) is 18.2. The van der Waals surface area contributed by atoms with E-state index in [1.165, 1.54) is 39.0 Å². The Bertz CT molecular complexity index is 734. The SMILES string of the molecule is CN=C(NCCOc1cccc(NC(C)=O)c1)NCC1(N2CCOCC2)CCCCC1.I. The first kappa shape index (κ1) is 26.7. The third-order valence-electron chi connectivity index (χ3n) is 6.09. The highest BCUT2D eigenvalue weighted by Crippen LogP contribution is 2.33. The van der Waals surface area contributed by atoms with E-state index in [-0.39, 0.29) is 35.4 Å². The van der Waals surface area contributed by atoms with E-state index >= 15 is 0 Å². The number of morpholine rings is 1. The van der Waals surface area contributed by atoms with Crippen molar-refractivity contribution in [3.8, 4) is 5.75 Å². The summed E-state index contributed by atoms with van der Waals surface area (Å²) >= 11 is 0. The van der Waals surface area contributed by atoms with Crippen LogP contribution in [0.1, 0.15) is 39.0 Å². The van der Waals surface area contributed by atoms with Gasteiger partial charge in [-0.2, -0.15) is 0 Å². The van der Waals surface area contributed by atoms with Gasteiger partial charge in [-0.05, 0) is 25.0 Å². The fourth-order valence-electron chi connectivity index (χ4n) is 4.53. The summed E-state index contributed by atoms with van der Waals surface area (Å²) in [5.41, 5.74) is 0.927. The standard InChI is InChI=1S/C23H37N5O3.HI/c1-19(29)27-20-7-6-8-21(17-20)31-14-11-25-22(24-2)26-18-23(9-4-3-5-10-23)28-12-15-30-16-13-28;/h6-8,17H,3-5,9-16,18H2,1-2H3,(H,27,29)(H2,24,25,26);1H. The van der Waals surface area contributed by atoms with Crippen molar-refractivity contribution in [2.75, 3.05) is 58.4 Å². The fraction of sp³-hybridized carbons (Fsp3) is 0.652. The van der Waals surface area contributed by atoms with E-state index < -0.39 is 0 Å². The molecule has 3 N–H and O–H groups in total. The highest BCUT2D eigenvalue weighted by molar-refractivity contribution is 14.0. The van der Waals surface area contributed by atoms with Crippen LogP contribution in [0.4, 0.5) is 5.69 Å². The van der Waals surface area contributed by atoms with Gasteiger partial charge in [0.2, 0.25) is 5.91 Å². The van der Waals surface area contributed by atoms with E-state index in [9.17, 15) is 4.79 Å². The Morgan fingerprint density at radius 1 is 1.19 bits per heavy atom. The second-order valence-corrected chi connectivity index (χ2v) is 8.29. The monoisotopic (exact) mass is 559 g/mol. The second-order valence-electron chi connectivity index (χ2n) is 8.29. The van der Waals surface area contributed by atoms with Gasteiger partial charge in [0.25, 0.3) is 0 Å². The molecule has 0 unspecified atom stereocenters. The Balaban J connectivity index is 0.00000363. The number of carbonyl (C=O) groups is 1. The molecule has 1 amide bonds. The van der Waals surface area contributed by atoms with Crippen LogP contribution in [0.15, 0.2) is 29.3 Å². The van der Waals surface area contributed by atoms with E-state index in [0.717, 1.165) is 50.2 Å². The van der Waals surface area contributed by atoms with Crippen molar-refractivity contribution in [3.05, 3.63) is 24.3 Å². The van der Waals surface area contributed by atoms with Crippen LogP contribution in [-0.2, 0) is 9.53 Å². The fourth-order valence-corrected chi connectivity index (χ4v) is 4.53. The zero-order valence-corrected chi connectivity index (χ0v) is 21.7. The van der Waals surface area contributed by atoms with Gasteiger partial charge in [-0.25, -0.2) is 0 Å². The average Bonchev–Trinajstić information content (AvgIpc) is 2.79. The van der Waals surface area contributed by atoms with Gasteiger partial charge in [0.1, 0.15) is 12.4 Å². The first-order valence-electron chi connectivity index (χ1n) is 11.4. The second kappa shape index (κ2) is 13.8. The van der Waals surface area contributed by atoms with Crippen LogP contribution in [0, 0.1) is 0 Å². The van der Waals surface area contributed by atoms with Gasteiger partial charge in [-0.15, -0.1) is 24.0 Å². The number of guanidine groups is 1. The van der Waals surface area contributed by atoms with Crippen LogP contribution >= 0.6 is 24.0 Å². The molecule has 0 radical (unpaired) electrons. The number of amides is 1. The summed E-state index contributed by atoms with van der Waals surface area (Å²) in [6, 6.07) is 7.41. The molecule has 2 aliphatic rings. The molecule has 180 valence electrons. The lowest BCUT2D eigenvalue weighted by Crippen LogP contribution is -2.60. The summed E-state index contributed by atoms with van der Waals surface area (Å²) < 4.78 is 11.4. The van der Waals surface area contributed by atoms with E-state index in [4.69, 9.17) is 9.47 Å². The minimum Gasteiger partial charge on any atom is -0.492 e. The van der Waals surface area contributed by atoms with Crippen LogP contribution in [0.2, 0.25) is 0 Å². The number of rotatable bonds is 8. The van der Waals surface area contributed by atoms with Crippen molar-refractivity contribution in [3.63, 3.8) is 0 Å². The normalized spacial score (nSPS) is 18.9. The third-order valence-corrected chi connectivity index (χ3v) is 6.09. The number of carbonyl (C=O) groups excluding carboxylic acids is 1. The highest BCUT2D eigenvalue weighted by Gasteiger charge is 2.38. The minimum absolute atomic E-state index is 0. The van der Waals surface area contributed by atoms with Gasteiger partial charge >= 0.3 is 0 Å². The predicted molar refractivity (Wildman–Crippen MR) is 139 cm³/mol. The van der Waals surface area contributed by atoms with Crippen LogP contribution in [0.5, 0.6) is 5.75 Å². The van der Waals surface area contributed by atoms with Crippen molar-refractivity contribution in [2.24, 2.45) is 4.99 Å². The van der Waals surface area contributed by atoms with Crippen LogP contribution < -0.4 is 20.7 Å². The molecular weight excluding hydrogens is 521 g/mol. The molecule has 1 saturated heterocycles. The Hall–Kier alpha value is -1.59. The largest absolute Gasteiger partial charge is 0.492 e. The molecule has 0 spiro atoms. The predicted octanol–water partition coefficient (Wildman–Crippen LogP) is 2.84. The van der Waals surface area contributed by atoms with Crippen molar-refractivity contribution < 1.29 is 14.3 Å². The van der Waals surface area contributed by atoms with Gasteiger partial charge in [-0.1, -0.05) is 25.3 Å². The van der Waals surface area contributed by atoms with E-state index in [0.29, 0.717) is 13.2 Å². The molecule has 2 fully saturated rings. The van der Waals surface area contributed by atoms with Crippen LogP contribution in [0.3, 0.4) is 0 Å². The zero-order chi connectivity index (χ0) is 21.9. The maximum atomic E-state index is 11.2. The number of halogens is 1. The van der Waals surface area contributed by atoms with Crippen LogP contribution in [-0.4, -0.2) is 75.4 Å². The van der Waals surface area contributed by atoms with Crippen LogP contribution in [0.25, 0.3) is 0 Å². The number of hydrogen-bond acceptors (Lipinski definition) is 5. The molecule has 32 heavy (non-hydrogen) atoms. The summed E-state index contributed by atoms with van der Waals surface area (Å²) in [5, 5.41) is 9.67. The van der Waals surface area contributed by atoms with Crippen molar-refractivity contribution >= 4 is 41.5 Å². The molecule has 0 atom stereocenters. The van der Waals surface area contributed by atoms with E-state index in [1.807, 2.05) is 24.3 Å². The molecule has 0 bridgehead atoms. The number of nitrogens with one attached hydrogen (secondary N) is 3. The average molecular weight is 559 g/mol. The van der Waals surface area contributed by atoms with Crippen molar-refractivity contribution in [1.29, 1.82) is 0 Å². The van der Waals surface area contributed by atoms with E-state index in [2.05, 4.69) is 25.8 Å². The maximum absolute atomic E-state index is 11.2.